The first kappa shape index (κ1) is 18.4. The van der Waals surface area contributed by atoms with Crippen molar-refractivity contribution in [1.29, 1.82) is 5.26 Å². The number of hydrogen-bond donors (Lipinski definition) is 1. The first-order valence-corrected chi connectivity index (χ1v) is 8.95. The van der Waals surface area contributed by atoms with Crippen molar-refractivity contribution in [3.8, 4) is 11.8 Å². The molecule has 1 fully saturated rings. The smallest absolute Gasteiger partial charge is 0.120 e. The van der Waals surface area contributed by atoms with E-state index < -0.39 is 0 Å². The van der Waals surface area contributed by atoms with Gasteiger partial charge in [-0.2, -0.15) is 5.26 Å². The largest absolute Gasteiger partial charge is 0.489 e. The molecule has 1 saturated heterocycles. The summed E-state index contributed by atoms with van der Waals surface area (Å²) in [5, 5.41) is 12.6. The lowest BCUT2D eigenvalue weighted by atomic mass is 10.1. The van der Waals surface area contributed by atoms with Gasteiger partial charge in [0.2, 0.25) is 0 Å². The van der Waals surface area contributed by atoms with Crippen LogP contribution in [0.15, 0.2) is 48.5 Å². The maximum Gasteiger partial charge on any atom is 0.120 e. The van der Waals surface area contributed by atoms with Crippen molar-refractivity contribution in [1.82, 2.24) is 10.2 Å². The van der Waals surface area contributed by atoms with Crippen molar-refractivity contribution in [2.45, 2.75) is 19.3 Å². The SMILES string of the molecule is CN1CCOC(CNCc2cccc(OCc3ccccc3C#N)c2)C1. The summed E-state index contributed by atoms with van der Waals surface area (Å²) in [6.07, 6.45) is 0.246. The molecule has 0 amide bonds. The Balaban J connectivity index is 1.49. The number of benzene rings is 2. The molecule has 0 bridgehead atoms. The van der Waals surface area contributed by atoms with E-state index in [4.69, 9.17) is 14.7 Å². The third-order valence-corrected chi connectivity index (χ3v) is 4.47. The van der Waals surface area contributed by atoms with Gasteiger partial charge >= 0.3 is 0 Å². The van der Waals surface area contributed by atoms with Crippen molar-refractivity contribution >= 4 is 0 Å². The van der Waals surface area contributed by atoms with Crippen LogP contribution in [0.5, 0.6) is 5.75 Å². The predicted octanol–water partition coefficient (Wildman–Crippen LogP) is 2.56. The first-order chi connectivity index (χ1) is 12.7. The van der Waals surface area contributed by atoms with Crippen LogP contribution < -0.4 is 10.1 Å². The number of morpholine rings is 1. The molecule has 136 valence electrons. The Kier molecular flexibility index (Phi) is 6.62. The Morgan fingerprint density at radius 1 is 1.27 bits per heavy atom. The van der Waals surface area contributed by atoms with Gasteiger partial charge < -0.3 is 19.7 Å². The minimum atomic E-state index is 0.246. The highest BCUT2D eigenvalue weighted by molar-refractivity contribution is 5.37. The molecule has 1 aliphatic rings. The quantitative estimate of drug-likeness (QED) is 0.831. The molecule has 1 atom stereocenters. The summed E-state index contributed by atoms with van der Waals surface area (Å²) >= 11 is 0. The third kappa shape index (κ3) is 5.30. The molecule has 0 radical (unpaired) electrons. The Hall–Kier alpha value is -2.39. The van der Waals surface area contributed by atoms with E-state index in [0.717, 1.165) is 44.1 Å². The van der Waals surface area contributed by atoms with Crippen molar-refractivity contribution in [2.75, 3.05) is 33.3 Å². The summed E-state index contributed by atoms with van der Waals surface area (Å²) in [7, 11) is 2.13. The van der Waals surface area contributed by atoms with Gasteiger partial charge in [-0.05, 0) is 30.8 Å². The van der Waals surface area contributed by atoms with E-state index in [1.54, 1.807) is 0 Å². The molecule has 1 aliphatic heterocycles. The van der Waals surface area contributed by atoms with Crippen LogP contribution >= 0.6 is 0 Å². The summed E-state index contributed by atoms with van der Waals surface area (Å²) in [6, 6.07) is 17.8. The summed E-state index contributed by atoms with van der Waals surface area (Å²) in [5.74, 6) is 0.811. The van der Waals surface area contributed by atoms with Gasteiger partial charge in [0.25, 0.3) is 0 Å². The van der Waals surface area contributed by atoms with E-state index in [9.17, 15) is 0 Å². The molecule has 2 aromatic rings. The minimum Gasteiger partial charge on any atom is -0.489 e. The fourth-order valence-electron chi connectivity index (χ4n) is 3.03. The Morgan fingerprint density at radius 3 is 3.00 bits per heavy atom. The lowest BCUT2D eigenvalue weighted by Gasteiger charge is -2.30. The molecule has 5 heteroatoms. The molecule has 1 heterocycles. The maximum atomic E-state index is 9.15. The lowest BCUT2D eigenvalue weighted by molar-refractivity contribution is -0.0182. The zero-order valence-electron chi connectivity index (χ0n) is 15.1. The van der Waals surface area contributed by atoms with E-state index in [0.29, 0.717) is 12.2 Å². The maximum absolute atomic E-state index is 9.15. The van der Waals surface area contributed by atoms with Crippen LogP contribution in [0.25, 0.3) is 0 Å². The number of ether oxygens (including phenoxy) is 2. The average Bonchev–Trinajstić information content (AvgIpc) is 2.67. The molecule has 3 rings (SSSR count). The number of hydrogen-bond acceptors (Lipinski definition) is 5. The first-order valence-electron chi connectivity index (χ1n) is 8.95. The van der Waals surface area contributed by atoms with E-state index in [2.05, 4.69) is 29.4 Å². The van der Waals surface area contributed by atoms with Crippen molar-refractivity contribution in [3.63, 3.8) is 0 Å². The highest BCUT2D eigenvalue weighted by Crippen LogP contribution is 2.17. The predicted molar refractivity (Wildman–Crippen MR) is 101 cm³/mol. The molecule has 1 N–H and O–H groups in total. The Labute approximate surface area is 155 Å². The number of nitrogens with one attached hydrogen (secondary N) is 1. The second kappa shape index (κ2) is 9.35. The molecule has 0 aromatic heterocycles. The fraction of sp³-hybridized carbons (Fsp3) is 0.381. The van der Waals surface area contributed by atoms with Crippen LogP contribution in [0.1, 0.15) is 16.7 Å². The summed E-state index contributed by atoms with van der Waals surface area (Å²) in [4.78, 5) is 2.30. The Bertz CT molecular complexity index is 757. The van der Waals surface area contributed by atoms with Gasteiger partial charge in [0.05, 0.1) is 24.3 Å². The van der Waals surface area contributed by atoms with Crippen LogP contribution in [0.3, 0.4) is 0 Å². The van der Waals surface area contributed by atoms with Gasteiger partial charge in [0, 0.05) is 31.7 Å². The summed E-state index contributed by atoms with van der Waals surface area (Å²) in [5.41, 5.74) is 2.72. The molecular formula is C21H25N3O2. The van der Waals surface area contributed by atoms with Crippen molar-refractivity contribution < 1.29 is 9.47 Å². The topological polar surface area (TPSA) is 57.5 Å². The number of rotatable bonds is 7. The van der Waals surface area contributed by atoms with Crippen LogP contribution in [-0.4, -0.2) is 44.3 Å². The summed E-state index contributed by atoms with van der Waals surface area (Å²) < 4.78 is 11.6. The normalized spacial score (nSPS) is 17.6. The van der Waals surface area contributed by atoms with Gasteiger partial charge in [-0.1, -0.05) is 30.3 Å². The molecule has 0 spiro atoms. The molecule has 26 heavy (non-hydrogen) atoms. The molecule has 2 aromatic carbocycles. The van der Waals surface area contributed by atoms with Crippen LogP contribution in [0.4, 0.5) is 0 Å². The third-order valence-electron chi connectivity index (χ3n) is 4.47. The zero-order valence-corrected chi connectivity index (χ0v) is 15.1. The molecule has 5 nitrogen and oxygen atoms in total. The zero-order chi connectivity index (χ0) is 18.2. The van der Waals surface area contributed by atoms with Gasteiger partial charge in [0.15, 0.2) is 0 Å². The van der Waals surface area contributed by atoms with Crippen LogP contribution in [0, 0.1) is 11.3 Å². The fourth-order valence-corrected chi connectivity index (χ4v) is 3.03. The Morgan fingerprint density at radius 2 is 2.15 bits per heavy atom. The minimum absolute atomic E-state index is 0.246. The monoisotopic (exact) mass is 351 g/mol. The highest BCUT2D eigenvalue weighted by atomic mass is 16.5. The molecule has 0 saturated carbocycles. The average molecular weight is 351 g/mol. The number of nitrogens with zero attached hydrogens (tertiary/aromatic N) is 2. The van der Waals surface area contributed by atoms with E-state index in [1.165, 1.54) is 5.56 Å². The van der Waals surface area contributed by atoms with Crippen LogP contribution in [-0.2, 0) is 17.9 Å². The second-order valence-corrected chi connectivity index (χ2v) is 6.59. The van der Waals surface area contributed by atoms with Crippen LogP contribution in [0.2, 0.25) is 0 Å². The standard InChI is InChI=1S/C21H25N3O2/c1-24-9-10-25-21(15-24)14-23-13-17-5-4-8-20(11-17)26-16-19-7-3-2-6-18(19)12-22/h2-8,11,21,23H,9-10,13-16H2,1H3. The number of nitriles is 1. The van der Waals surface area contributed by atoms with E-state index in [-0.39, 0.29) is 6.10 Å². The van der Waals surface area contributed by atoms with Gasteiger partial charge in [0.1, 0.15) is 12.4 Å². The number of likely N-dealkylation sites (N-methyl/N-ethyl adjacent to an activating group) is 1. The summed E-state index contributed by atoms with van der Waals surface area (Å²) in [6.45, 7) is 4.78. The molecule has 1 unspecified atom stereocenters. The van der Waals surface area contributed by atoms with Gasteiger partial charge in [-0.15, -0.1) is 0 Å². The second-order valence-electron chi connectivity index (χ2n) is 6.59. The van der Waals surface area contributed by atoms with Crippen molar-refractivity contribution in [2.24, 2.45) is 0 Å². The van der Waals surface area contributed by atoms with E-state index in [1.807, 2.05) is 42.5 Å². The lowest BCUT2D eigenvalue weighted by Crippen LogP contribution is -2.44. The highest BCUT2D eigenvalue weighted by Gasteiger charge is 2.16. The molecule has 0 aliphatic carbocycles. The van der Waals surface area contributed by atoms with Gasteiger partial charge in [-0.3, -0.25) is 0 Å². The van der Waals surface area contributed by atoms with Crippen molar-refractivity contribution in [3.05, 3.63) is 65.2 Å². The van der Waals surface area contributed by atoms with Gasteiger partial charge in [-0.25, -0.2) is 0 Å². The molecular weight excluding hydrogens is 326 g/mol. The van der Waals surface area contributed by atoms with E-state index >= 15 is 0 Å².